The number of aromatic nitrogens is 2. The molecule has 0 bridgehead atoms. The van der Waals surface area contributed by atoms with Crippen LogP contribution in [0.3, 0.4) is 0 Å². The van der Waals surface area contributed by atoms with Crippen molar-refractivity contribution < 1.29 is 0 Å². The minimum absolute atomic E-state index is 0.820. The first-order chi connectivity index (χ1) is 23.2. The van der Waals surface area contributed by atoms with Gasteiger partial charge in [0.05, 0.1) is 22.1 Å². The highest BCUT2D eigenvalue weighted by molar-refractivity contribution is 6.11. The molecule has 2 heterocycles. The fraction of sp³-hybridized carbons (Fsp3) is 0.0455. The van der Waals surface area contributed by atoms with E-state index in [1.54, 1.807) is 0 Å². The second-order valence-electron chi connectivity index (χ2n) is 12.3. The lowest BCUT2D eigenvalue weighted by atomic mass is 10.1. The second-order valence-corrected chi connectivity index (χ2v) is 12.3. The van der Waals surface area contributed by atoms with Gasteiger partial charge in [0.1, 0.15) is 0 Å². The van der Waals surface area contributed by atoms with Gasteiger partial charge in [-0.25, -0.2) is 0 Å². The van der Waals surface area contributed by atoms with E-state index >= 15 is 0 Å². The van der Waals surface area contributed by atoms with E-state index in [1.807, 2.05) is 0 Å². The highest BCUT2D eigenvalue weighted by Gasteiger charge is 2.18. The van der Waals surface area contributed by atoms with Crippen molar-refractivity contribution >= 4 is 60.7 Å². The Hall–Kier alpha value is -6.06. The van der Waals surface area contributed by atoms with Crippen molar-refractivity contribution in [3.8, 4) is 5.69 Å². The van der Waals surface area contributed by atoms with Crippen molar-refractivity contribution in [3.05, 3.63) is 181 Å². The van der Waals surface area contributed by atoms with E-state index in [-0.39, 0.29) is 0 Å². The van der Waals surface area contributed by atoms with Crippen LogP contribution in [0.25, 0.3) is 55.0 Å². The summed E-state index contributed by atoms with van der Waals surface area (Å²) in [5.41, 5.74) is 11.9. The Kier molecular flexibility index (Phi) is 6.43. The number of hydrogen-bond acceptors (Lipinski definition) is 1. The maximum absolute atomic E-state index is 2.40. The Morgan fingerprint density at radius 1 is 0.447 bits per heavy atom. The summed E-state index contributed by atoms with van der Waals surface area (Å²) in [5, 5.41) is 5.10. The van der Waals surface area contributed by atoms with Crippen LogP contribution in [0.5, 0.6) is 0 Å². The van der Waals surface area contributed by atoms with Gasteiger partial charge in [-0.2, -0.15) is 0 Å². The number of anilines is 2. The molecular weight excluding hydrogens is 571 g/mol. The van der Waals surface area contributed by atoms with E-state index in [9.17, 15) is 0 Å². The highest BCUT2D eigenvalue weighted by Crippen LogP contribution is 2.37. The molecular formula is C44H33N3. The molecule has 9 rings (SSSR count). The molecule has 0 fully saturated rings. The van der Waals surface area contributed by atoms with Crippen LogP contribution in [0.1, 0.15) is 12.0 Å². The molecule has 8 aromatic rings. The number of rotatable bonds is 5. The van der Waals surface area contributed by atoms with Crippen molar-refractivity contribution in [1.29, 1.82) is 0 Å². The average molecular weight is 604 g/mol. The van der Waals surface area contributed by atoms with Gasteiger partial charge in [0.25, 0.3) is 0 Å². The van der Waals surface area contributed by atoms with Crippen LogP contribution < -0.4 is 4.90 Å². The molecule has 0 spiro atoms. The quantitative estimate of drug-likeness (QED) is 0.191. The van der Waals surface area contributed by atoms with E-state index in [2.05, 4.69) is 191 Å². The topological polar surface area (TPSA) is 13.1 Å². The summed E-state index contributed by atoms with van der Waals surface area (Å²) in [4.78, 5) is 2.37. The molecule has 0 atom stereocenters. The standard InChI is InChI=1S/C44H33N3/c1-31-21-23-34(24-22-31)45(35-27-29-36(30-28-35)47-43-19-8-4-15-39(43)40-16-5-9-20-44(40)47)32-11-10-12-33(26-25-32)46-41-17-6-2-13-37(41)38-14-3-7-18-42(38)46/h2-9,11-30H,10H2,1H3. The van der Waals surface area contributed by atoms with Crippen LogP contribution in [0.15, 0.2) is 176 Å². The van der Waals surface area contributed by atoms with Gasteiger partial charge in [0.15, 0.2) is 0 Å². The van der Waals surface area contributed by atoms with Gasteiger partial charge >= 0.3 is 0 Å². The van der Waals surface area contributed by atoms with Gasteiger partial charge in [0, 0.05) is 50.0 Å². The van der Waals surface area contributed by atoms with Gasteiger partial charge in [-0.1, -0.05) is 103 Å². The summed E-state index contributed by atoms with van der Waals surface area (Å²) in [6.07, 6.45) is 10.0. The molecule has 47 heavy (non-hydrogen) atoms. The zero-order chi connectivity index (χ0) is 31.3. The van der Waals surface area contributed by atoms with Crippen molar-refractivity contribution in [2.75, 3.05) is 4.90 Å². The van der Waals surface area contributed by atoms with Crippen LogP contribution in [0.4, 0.5) is 11.4 Å². The minimum atomic E-state index is 0.820. The van der Waals surface area contributed by atoms with Crippen molar-refractivity contribution in [3.63, 3.8) is 0 Å². The first kappa shape index (κ1) is 27.3. The number of allylic oxidation sites excluding steroid dienone is 5. The highest BCUT2D eigenvalue weighted by atomic mass is 15.1. The Morgan fingerprint density at radius 3 is 1.40 bits per heavy atom. The van der Waals surface area contributed by atoms with E-state index in [0.717, 1.165) is 29.2 Å². The molecule has 0 saturated carbocycles. The summed E-state index contributed by atoms with van der Waals surface area (Å²) in [7, 11) is 0. The lowest BCUT2D eigenvalue weighted by Gasteiger charge is -2.27. The van der Waals surface area contributed by atoms with E-state index < -0.39 is 0 Å². The molecule has 0 N–H and O–H groups in total. The zero-order valence-corrected chi connectivity index (χ0v) is 26.2. The third-order valence-corrected chi connectivity index (χ3v) is 9.41. The Bertz CT molecular complexity index is 2430. The molecule has 0 aliphatic heterocycles. The zero-order valence-electron chi connectivity index (χ0n) is 26.2. The van der Waals surface area contributed by atoms with Crippen LogP contribution in [-0.2, 0) is 0 Å². The van der Waals surface area contributed by atoms with Crippen LogP contribution in [-0.4, -0.2) is 9.13 Å². The normalized spacial score (nSPS) is 13.3. The maximum atomic E-state index is 2.40. The Morgan fingerprint density at radius 2 is 0.894 bits per heavy atom. The Labute approximate surface area is 274 Å². The van der Waals surface area contributed by atoms with Gasteiger partial charge < -0.3 is 14.0 Å². The fourth-order valence-corrected chi connectivity index (χ4v) is 7.23. The largest absolute Gasteiger partial charge is 0.311 e. The van der Waals surface area contributed by atoms with Crippen molar-refractivity contribution in [2.45, 2.75) is 13.3 Å². The average Bonchev–Trinajstić information content (AvgIpc) is 3.53. The number of nitrogens with zero attached hydrogens (tertiary/aromatic N) is 3. The van der Waals surface area contributed by atoms with Crippen molar-refractivity contribution in [1.82, 2.24) is 9.13 Å². The molecule has 1 aliphatic rings. The van der Waals surface area contributed by atoms with Gasteiger partial charge in [-0.05, 0) is 86.2 Å². The van der Waals surface area contributed by atoms with Gasteiger partial charge in [-0.3, -0.25) is 0 Å². The Balaban J connectivity index is 1.13. The molecule has 6 aromatic carbocycles. The smallest absolute Gasteiger partial charge is 0.0541 e. The first-order valence-corrected chi connectivity index (χ1v) is 16.3. The predicted octanol–water partition coefficient (Wildman–Crippen LogP) is 11.7. The summed E-state index contributed by atoms with van der Waals surface area (Å²) in [5.74, 6) is 0. The summed E-state index contributed by atoms with van der Waals surface area (Å²) in [6, 6.07) is 52.6. The predicted molar refractivity (Wildman–Crippen MR) is 200 cm³/mol. The first-order valence-electron chi connectivity index (χ1n) is 16.3. The van der Waals surface area contributed by atoms with Crippen LogP contribution >= 0.6 is 0 Å². The van der Waals surface area contributed by atoms with Crippen LogP contribution in [0.2, 0.25) is 0 Å². The minimum Gasteiger partial charge on any atom is -0.311 e. The van der Waals surface area contributed by atoms with Crippen molar-refractivity contribution in [2.24, 2.45) is 0 Å². The van der Waals surface area contributed by atoms with Crippen LogP contribution in [0, 0.1) is 6.92 Å². The maximum Gasteiger partial charge on any atom is 0.0541 e. The third-order valence-electron chi connectivity index (χ3n) is 9.41. The third kappa shape index (κ3) is 4.51. The molecule has 0 radical (unpaired) electrons. The molecule has 224 valence electrons. The van der Waals surface area contributed by atoms with E-state index in [0.29, 0.717) is 0 Å². The molecule has 0 unspecified atom stereocenters. The lowest BCUT2D eigenvalue weighted by molar-refractivity contribution is 1.15. The van der Waals surface area contributed by atoms with E-state index in [1.165, 1.54) is 54.9 Å². The molecule has 1 aliphatic carbocycles. The molecule has 3 heteroatoms. The van der Waals surface area contributed by atoms with Gasteiger partial charge in [-0.15, -0.1) is 0 Å². The summed E-state index contributed by atoms with van der Waals surface area (Å²) < 4.78 is 4.77. The van der Waals surface area contributed by atoms with E-state index in [4.69, 9.17) is 0 Å². The molecule has 2 aromatic heterocycles. The second kappa shape index (κ2) is 11.1. The SMILES string of the molecule is Cc1ccc(N(C2=CCC=C(n3c4ccccc4c4ccccc43)C=C2)c2ccc(-n3c4ccccc4c4ccccc43)cc2)cc1. The fourth-order valence-electron chi connectivity index (χ4n) is 7.23. The number of fused-ring (bicyclic) bond motifs is 6. The number of para-hydroxylation sites is 4. The lowest BCUT2D eigenvalue weighted by Crippen LogP contribution is -2.15. The molecule has 0 amide bonds. The summed E-state index contributed by atoms with van der Waals surface area (Å²) in [6.45, 7) is 2.14. The number of benzene rings is 6. The number of aryl methyl sites for hydroxylation is 1. The number of hydrogen-bond donors (Lipinski definition) is 0. The summed E-state index contributed by atoms with van der Waals surface area (Å²) >= 11 is 0. The monoisotopic (exact) mass is 603 g/mol. The molecule has 0 saturated heterocycles. The van der Waals surface area contributed by atoms with Gasteiger partial charge in [0.2, 0.25) is 0 Å². The molecule has 3 nitrogen and oxygen atoms in total.